The Balaban J connectivity index is 0.000000361. The molecule has 1 heterocycles. The van der Waals surface area contributed by atoms with Crippen LogP contribution in [0.4, 0.5) is 0 Å². The molecule has 0 aromatic carbocycles. The molecule has 0 saturated heterocycles. The summed E-state index contributed by atoms with van der Waals surface area (Å²) in [7, 11) is 0. The summed E-state index contributed by atoms with van der Waals surface area (Å²) in [6.07, 6.45) is 5.22. The van der Waals surface area contributed by atoms with E-state index >= 15 is 0 Å². The molecule has 0 aliphatic carbocycles. The van der Waals surface area contributed by atoms with Crippen molar-refractivity contribution in [3.05, 3.63) is 24.3 Å². The maximum absolute atomic E-state index is 4.19. The van der Waals surface area contributed by atoms with Crippen molar-refractivity contribution in [1.29, 1.82) is 0 Å². The highest BCUT2D eigenvalue weighted by Crippen LogP contribution is 2.24. The summed E-state index contributed by atoms with van der Waals surface area (Å²) in [6.45, 7) is 19.9. The Hall–Kier alpha value is -0.960. The Morgan fingerprint density at radius 3 is 2.00 bits per heavy atom. The monoisotopic (exact) mass is 279 g/mol. The van der Waals surface area contributed by atoms with Gasteiger partial charge in [0.25, 0.3) is 0 Å². The number of hydrogen-bond donors (Lipinski definition) is 1. The van der Waals surface area contributed by atoms with Crippen LogP contribution in [0.25, 0.3) is 0 Å². The van der Waals surface area contributed by atoms with Crippen LogP contribution in [0.3, 0.4) is 0 Å². The Bertz CT molecular complexity index is 347. The molecule has 3 heteroatoms. The van der Waals surface area contributed by atoms with E-state index < -0.39 is 0 Å². The van der Waals surface area contributed by atoms with Gasteiger partial charge in [0.2, 0.25) is 0 Å². The summed E-state index contributed by atoms with van der Waals surface area (Å²) in [4.78, 5) is 8.18. The molecule has 20 heavy (non-hydrogen) atoms. The van der Waals surface area contributed by atoms with Crippen LogP contribution in [-0.2, 0) is 5.41 Å². The first kappa shape index (κ1) is 19.0. The lowest BCUT2D eigenvalue weighted by atomic mass is 9.82. The minimum atomic E-state index is 0.119. The van der Waals surface area contributed by atoms with Crippen molar-refractivity contribution in [3.63, 3.8) is 0 Å². The van der Waals surface area contributed by atoms with Gasteiger partial charge < -0.3 is 5.32 Å². The molecule has 1 unspecified atom stereocenters. The minimum Gasteiger partial charge on any atom is -0.317 e. The van der Waals surface area contributed by atoms with Crippen LogP contribution in [0.5, 0.6) is 0 Å². The molecule has 116 valence electrons. The molecule has 1 rings (SSSR count). The van der Waals surface area contributed by atoms with E-state index in [4.69, 9.17) is 0 Å². The lowest BCUT2D eigenvalue weighted by molar-refractivity contribution is 0.254. The maximum atomic E-state index is 4.19. The quantitative estimate of drug-likeness (QED) is 0.907. The van der Waals surface area contributed by atoms with Gasteiger partial charge in [0, 0.05) is 24.0 Å². The number of rotatable bonds is 3. The van der Waals surface area contributed by atoms with Gasteiger partial charge in [0.15, 0.2) is 0 Å². The average molecular weight is 279 g/mol. The van der Waals surface area contributed by atoms with Gasteiger partial charge in [-0.05, 0) is 24.4 Å². The third-order valence-electron chi connectivity index (χ3n) is 3.51. The smallest absolute Gasteiger partial charge is 0.0640 e. The van der Waals surface area contributed by atoms with Crippen LogP contribution in [0.1, 0.15) is 61.1 Å². The zero-order valence-electron chi connectivity index (χ0n) is 14.6. The molecule has 0 radical (unpaired) electrons. The third-order valence-corrected chi connectivity index (χ3v) is 3.51. The van der Waals surface area contributed by atoms with Crippen molar-refractivity contribution in [3.8, 4) is 0 Å². The first-order valence-corrected chi connectivity index (χ1v) is 7.56. The molecule has 1 aromatic heterocycles. The van der Waals surface area contributed by atoms with E-state index in [2.05, 4.69) is 70.7 Å². The fourth-order valence-corrected chi connectivity index (χ4v) is 1.35. The van der Waals surface area contributed by atoms with Gasteiger partial charge in [0.1, 0.15) is 0 Å². The van der Waals surface area contributed by atoms with Crippen molar-refractivity contribution >= 4 is 0 Å². The molecule has 1 atom stereocenters. The van der Waals surface area contributed by atoms with E-state index in [1.54, 1.807) is 18.6 Å². The van der Waals surface area contributed by atoms with Crippen LogP contribution in [0.15, 0.2) is 18.6 Å². The van der Waals surface area contributed by atoms with Gasteiger partial charge in [0.05, 0.1) is 5.69 Å². The SMILES string of the molecule is CC(C)(C)c1cnccn1.CCNCC(C)C(C)(C)C. The Kier molecular flexibility index (Phi) is 7.95. The number of aromatic nitrogens is 2. The van der Waals surface area contributed by atoms with Crippen molar-refractivity contribution in [1.82, 2.24) is 15.3 Å². The van der Waals surface area contributed by atoms with Gasteiger partial charge in [-0.1, -0.05) is 55.4 Å². The lowest BCUT2D eigenvalue weighted by Gasteiger charge is -2.27. The molecule has 1 aromatic rings. The molecule has 0 bridgehead atoms. The van der Waals surface area contributed by atoms with Crippen LogP contribution < -0.4 is 5.32 Å². The summed E-state index contributed by atoms with van der Waals surface area (Å²) in [5.74, 6) is 0.757. The van der Waals surface area contributed by atoms with E-state index in [1.807, 2.05) is 0 Å². The molecular formula is C17H33N3. The topological polar surface area (TPSA) is 37.8 Å². The van der Waals surface area contributed by atoms with E-state index in [0.717, 1.165) is 24.7 Å². The second kappa shape index (κ2) is 8.35. The highest BCUT2D eigenvalue weighted by molar-refractivity contribution is 5.06. The minimum absolute atomic E-state index is 0.119. The molecule has 0 aliphatic rings. The molecule has 0 saturated carbocycles. The van der Waals surface area contributed by atoms with Gasteiger partial charge in [-0.25, -0.2) is 0 Å². The Labute approximate surface area is 125 Å². The number of hydrogen-bond acceptors (Lipinski definition) is 3. The number of nitrogens with zero attached hydrogens (tertiary/aromatic N) is 2. The fourth-order valence-electron chi connectivity index (χ4n) is 1.35. The highest BCUT2D eigenvalue weighted by Gasteiger charge is 2.18. The Morgan fingerprint density at radius 2 is 1.70 bits per heavy atom. The normalized spacial score (nSPS) is 13.4. The molecular weight excluding hydrogens is 246 g/mol. The molecule has 3 nitrogen and oxygen atoms in total. The summed E-state index contributed by atoms with van der Waals surface area (Å²) >= 11 is 0. The number of nitrogens with one attached hydrogen (secondary N) is 1. The largest absolute Gasteiger partial charge is 0.317 e. The summed E-state index contributed by atoms with van der Waals surface area (Å²) < 4.78 is 0. The van der Waals surface area contributed by atoms with Crippen LogP contribution >= 0.6 is 0 Å². The zero-order valence-corrected chi connectivity index (χ0v) is 14.6. The second-order valence-corrected chi connectivity index (χ2v) is 7.42. The molecule has 0 amide bonds. The van der Waals surface area contributed by atoms with E-state index in [0.29, 0.717) is 5.41 Å². The Morgan fingerprint density at radius 1 is 1.10 bits per heavy atom. The van der Waals surface area contributed by atoms with Crippen molar-refractivity contribution in [2.45, 2.75) is 60.8 Å². The summed E-state index contributed by atoms with van der Waals surface area (Å²) in [6, 6.07) is 0. The fraction of sp³-hybridized carbons (Fsp3) is 0.765. The molecule has 0 aliphatic heterocycles. The van der Waals surface area contributed by atoms with Gasteiger partial charge in [-0.15, -0.1) is 0 Å². The van der Waals surface area contributed by atoms with E-state index in [-0.39, 0.29) is 5.41 Å². The van der Waals surface area contributed by atoms with Crippen molar-refractivity contribution in [2.75, 3.05) is 13.1 Å². The molecule has 1 N–H and O–H groups in total. The summed E-state index contributed by atoms with van der Waals surface area (Å²) in [5.41, 5.74) is 1.60. The summed E-state index contributed by atoms with van der Waals surface area (Å²) in [5, 5.41) is 3.35. The first-order chi connectivity index (χ1) is 9.09. The molecule has 0 spiro atoms. The predicted molar refractivity (Wildman–Crippen MR) is 87.9 cm³/mol. The average Bonchev–Trinajstić information content (AvgIpc) is 2.35. The first-order valence-electron chi connectivity index (χ1n) is 7.56. The van der Waals surface area contributed by atoms with Gasteiger partial charge in [-0.2, -0.15) is 0 Å². The zero-order chi connectivity index (χ0) is 15.8. The maximum Gasteiger partial charge on any atom is 0.0640 e. The lowest BCUT2D eigenvalue weighted by Crippen LogP contribution is -2.29. The molecule has 0 fully saturated rings. The van der Waals surface area contributed by atoms with Crippen LogP contribution in [0.2, 0.25) is 0 Å². The second-order valence-electron chi connectivity index (χ2n) is 7.42. The van der Waals surface area contributed by atoms with Crippen molar-refractivity contribution < 1.29 is 0 Å². The standard InChI is InChI=1S/C9H21N.C8H12N2/c1-6-10-7-8(2)9(3,4)5;1-8(2,3)7-6-9-4-5-10-7/h8,10H,6-7H2,1-5H3;4-6H,1-3H3. The van der Waals surface area contributed by atoms with Gasteiger partial charge >= 0.3 is 0 Å². The van der Waals surface area contributed by atoms with Crippen LogP contribution in [-0.4, -0.2) is 23.1 Å². The van der Waals surface area contributed by atoms with E-state index in [9.17, 15) is 0 Å². The van der Waals surface area contributed by atoms with Crippen molar-refractivity contribution in [2.24, 2.45) is 11.3 Å². The van der Waals surface area contributed by atoms with Crippen LogP contribution in [0, 0.1) is 11.3 Å². The predicted octanol–water partition coefficient (Wildman–Crippen LogP) is 4.05. The highest BCUT2D eigenvalue weighted by atomic mass is 14.8. The van der Waals surface area contributed by atoms with Gasteiger partial charge in [-0.3, -0.25) is 9.97 Å². The van der Waals surface area contributed by atoms with E-state index in [1.165, 1.54) is 0 Å². The third kappa shape index (κ3) is 8.26.